The van der Waals surface area contributed by atoms with Crippen LogP contribution in [0.4, 0.5) is 26.0 Å². The molecule has 2 N–H and O–H groups in total. The average molecular weight is 570 g/mol. The molecule has 0 aliphatic carbocycles. The highest BCUT2D eigenvalue weighted by Crippen LogP contribution is 2.37. The van der Waals surface area contributed by atoms with Gasteiger partial charge in [0.2, 0.25) is 5.82 Å². The molecule has 0 saturated heterocycles. The van der Waals surface area contributed by atoms with Crippen LogP contribution in [-0.2, 0) is 0 Å². The Bertz CT molecular complexity index is 1790. The normalized spacial score (nSPS) is 12.5. The minimum absolute atomic E-state index is 0.0527. The molecule has 11 heteroatoms. The first-order valence-electron chi connectivity index (χ1n) is 13.3. The molecule has 2 heterocycles. The number of carbonyl (C=O) groups is 1. The second-order valence-corrected chi connectivity index (χ2v) is 9.87. The summed E-state index contributed by atoms with van der Waals surface area (Å²) in [6.07, 6.45) is 1.67. The van der Waals surface area contributed by atoms with Gasteiger partial charge in [0.1, 0.15) is 29.7 Å². The van der Waals surface area contributed by atoms with Crippen molar-refractivity contribution in [3.63, 3.8) is 0 Å². The standard InChI is InChI=1S/C31H29F2N7O2/c1-18(2)42-24-15-14-22(26(32)27(24)33)28-25-29(34)35-17-36-31(25)40(38-28)19(3)30(39(4)21-11-6-5-7-12-21)37-23-13-9-8-10-20(23)16-41/h5-19H,1-4H3,(H2,34,35,36). The summed E-state index contributed by atoms with van der Waals surface area (Å²) in [6.45, 7) is 5.28. The van der Waals surface area contributed by atoms with Gasteiger partial charge in [0, 0.05) is 23.9 Å². The molecule has 0 bridgehead atoms. The van der Waals surface area contributed by atoms with Gasteiger partial charge in [-0.05, 0) is 57.2 Å². The van der Waals surface area contributed by atoms with Crippen LogP contribution in [0, 0.1) is 11.6 Å². The third-order valence-electron chi connectivity index (χ3n) is 6.71. The number of para-hydroxylation sites is 2. The van der Waals surface area contributed by atoms with Gasteiger partial charge in [-0.2, -0.15) is 9.49 Å². The summed E-state index contributed by atoms with van der Waals surface area (Å²) in [5.41, 5.74) is 8.18. The first-order chi connectivity index (χ1) is 20.2. The summed E-state index contributed by atoms with van der Waals surface area (Å²) in [5, 5.41) is 4.96. The monoisotopic (exact) mass is 569 g/mol. The van der Waals surface area contributed by atoms with E-state index in [-0.39, 0.29) is 34.3 Å². The Morgan fingerprint density at radius 2 is 1.71 bits per heavy atom. The average Bonchev–Trinajstić information content (AvgIpc) is 3.39. The molecule has 0 aliphatic heterocycles. The highest BCUT2D eigenvalue weighted by atomic mass is 19.2. The maximum Gasteiger partial charge on any atom is 0.201 e. The lowest BCUT2D eigenvalue weighted by molar-refractivity contribution is 0.112. The molecular formula is C31H29F2N7O2. The number of hydrogen-bond acceptors (Lipinski definition) is 7. The minimum atomic E-state index is -1.14. The van der Waals surface area contributed by atoms with Crippen molar-refractivity contribution in [1.29, 1.82) is 0 Å². The molecule has 9 nitrogen and oxygen atoms in total. The lowest BCUT2D eigenvalue weighted by atomic mass is 10.1. The zero-order chi connectivity index (χ0) is 30.0. The number of amidine groups is 1. The van der Waals surface area contributed by atoms with Gasteiger partial charge in [0.25, 0.3) is 0 Å². The van der Waals surface area contributed by atoms with E-state index in [9.17, 15) is 4.79 Å². The van der Waals surface area contributed by atoms with E-state index in [4.69, 9.17) is 20.6 Å². The van der Waals surface area contributed by atoms with E-state index in [1.807, 2.05) is 49.2 Å². The van der Waals surface area contributed by atoms with E-state index in [1.54, 1.807) is 42.8 Å². The summed E-state index contributed by atoms with van der Waals surface area (Å²) in [6, 6.07) is 18.6. The SMILES string of the molecule is CC(C)Oc1ccc(-c2nn(C(C)C(=Nc3ccccc3C=O)N(C)c3ccccc3)c3ncnc(N)c23)c(F)c1F. The van der Waals surface area contributed by atoms with Gasteiger partial charge in [-0.3, -0.25) is 4.79 Å². The fourth-order valence-corrected chi connectivity index (χ4v) is 4.67. The molecule has 214 valence electrons. The van der Waals surface area contributed by atoms with E-state index in [0.29, 0.717) is 22.7 Å². The first kappa shape index (κ1) is 28.3. The molecule has 0 aliphatic rings. The number of ether oxygens (including phenoxy) is 1. The highest BCUT2D eigenvalue weighted by molar-refractivity contribution is 6.04. The minimum Gasteiger partial charge on any atom is -0.488 e. The number of aromatic nitrogens is 4. The molecule has 0 radical (unpaired) electrons. The maximum atomic E-state index is 15.5. The number of halogens is 2. The number of carbonyl (C=O) groups excluding carboxylic acids is 1. The third-order valence-corrected chi connectivity index (χ3v) is 6.71. The number of fused-ring (bicyclic) bond motifs is 1. The fourth-order valence-electron chi connectivity index (χ4n) is 4.67. The van der Waals surface area contributed by atoms with Crippen LogP contribution in [0.2, 0.25) is 0 Å². The molecule has 0 spiro atoms. The van der Waals surface area contributed by atoms with Crippen LogP contribution in [0.15, 0.2) is 78.0 Å². The quantitative estimate of drug-likeness (QED) is 0.131. The lowest BCUT2D eigenvalue weighted by Gasteiger charge is -2.26. The Hall–Kier alpha value is -5.19. The largest absolute Gasteiger partial charge is 0.488 e. The third kappa shape index (κ3) is 5.28. The van der Waals surface area contributed by atoms with Crippen LogP contribution in [0.5, 0.6) is 5.75 Å². The summed E-state index contributed by atoms with van der Waals surface area (Å²) < 4.78 is 37.5. The first-order valence-corrected chi connectivity index (χ1v) is 13.3. The molecule has 1 atom stereocenters. The smallest absolute Gasteiger partial charge is 0.201 e. The van der Waals surface area contributed by atoms with Crippen molar-refractivity contribution in [1.82, 2.24) is 19.7 Å². The molecule has 0 fully saturated rings. The second-order valence-electron chi connectivity index (χ2n) is 9.87. The molecule has 3 aromatic carbocycles. The summed E-state index contributed by atoms with van der Waals surface area (Å²) in [7, 11) is 1.84. The number of aliphatic imine (C=N–C) groups is 1. The van der Waals surface area contributed by atoms with E-state index in [0.717, 1.165) is 12.0 Å². The number of anilines is 2. The Morgan fingerprint density at radius 3 is 2.43 bits per heavy atom. The molecule has 2 aromatic heterocycles. The summed E-state index contributed by atoms with van der Waals surface area (Å²) in [5.74, 6) is -1.93. The van der Waals surface area contributed by atoms with E-state index < -0.39 is 17.7 Å². The van der Waals surface area contributed by atoms with Crippen molar-refractivity contribution in [3.05, 3.63) is 90.3 Å². The van der Waals surface area contributed by atoms with Crippen molar-refractivity contribution in [2.24, 2.45) is 4.99 Å². The number of nitrogen functional groups attached to an aromatic ring is 1. The fraction of sp³-hybridized carbons (Fsp3) is 0.194. The van der Waals surface area contributed by atoms with E-state index in [1.165, 1.54) is 18.5 Å². The van der Waals surface area contributed by atoms with Crippen LogP contribution in [-0.4, -0.2) is 45.0 Å². The Morgan fingerprint density at radius 1 is 1.00 bits per heavy atom. The topological polar surface area (TPSA) is 112 Å². The van der Waals surface area contributed by atoms with Crippen LogP contribution < -0.4 is 15.4 Å². The number of nitrogens with zero attached hydrogens (tertiary/aromatic N) is 6. The van der Waals surface area contributed by atoms with Gasteiger partial charge in [0.15, 0.2) is 23.5 Å². The predicted octanol–water partition coefficient (Wildman–Crippen LogP) is 6.38. The molecule has 1 unspecified atom stereocenters. The zero-order valence-electron chi connectivity index (χ0n) is 23.5. The van der Waals surface area contributed by atoms with Crippen molar-refractivity contribution in [2.75, 3.05) is 17.7 Å². The number of rotatable bonds is 8. The van der Waals surface area contributed by atoms with Crippen molar-refractivity contribution in [2.45, 2.75) is 32.9 Å². The van der Waals surface area contributed by atoms with Gasteiger partial charge in [0.05, 0.1) is 17.2 Å². The van der Waals surface area contributed by atoms with Gasteiger partial charge < -0.3 is 15.4 Å². The van der Waals surface area contributed by atoms with Gasteiger partial charge in [-0.15, -0.1) is 0 Å². The molecule has 0 amide bonds. The van der Waals surface area contributed by atoms with Crippen LogP contribution in [0.3, 0.4) is 0 Å². The van der Waals surface area contributed by atoms with Crippen molar-refractivity contribution >= 4 is 40.3 Å². The second kappa shape index (κ2) is 11.7. The molecular weight excluding hydrogens is 540 g/mol. The van der Waals surface area contributed by atoms with Crippen molar-refractivity contribution < 1.29 is 18.3 Å². The lowest BCUT2D eigenvalue weighted by Crippen LogP contribution is -2.34. The summed E-state index contributed by atoms with van der Waals surface area (Å²) >= 11 is 0. The molecule has 0 saturated carbocycles. The summed E-state index contributed by atoms with van der Waals surface area (Å²) in [4.78, 5) is 27.0. The van der Waals surface area contributed by atoms with Gasteiger partial charge >= 0.3 is 0 Å². The van der Waals surface area contributed by atoms with Gasteiger partial charge in [-0.25, -0.2) is 24.0 Å². The highest BCUT2D eigenvalue weighted by Gasteiger charge is 2.28. The van der Waals surface area contributed by atoms with Crippen molar-refractivity contribution in [3.8, 4) is 17.0 Å². The Kier molecular flexibility index (Phi) is 7.92. The number of benzene rings is 3. The Labute approximate surface area is 241 Å². The molecule has 5 aromatic rings. The maximum absolute atomic E-state index is 15.5. The predicted molar refractivity (Wildman–Crippen MR) is 159 cm³/mol. The number of likely N-dealkylation sites (N-methyl/N-ethyl adjacent to an activating group) is 1. The number of aldehydes is 1. The van der Waals surface area contributed by atoms with Crippen LogP contribution >= 0.6 is 0 Å². The Balaban J connectivity index is 1.71. The van der Waals surface area contributed by atoms with Crippen LogP contribution in [0.25, 0.3) is 22.3 Å². The van der Waals surface area contributed by atoms with E-state index in [2.05, 4.69) is 9.97 Å². The number of nitrogens with two attached hydrogens (primary N) is 1. The molecule has 5 rings (SSSR count). The zero-order valence-corrected chi connectivity index (χ0v) is 23.5. The van der Waals surface area contributed by atoms with E-state index >= 15 is 8.78 Å². The number of hydrogen-bond donors (Lipinski definition) is 1. The molecule has 42 heavy (non-hydrogen) atoms. The van der Waals surface area contributed by atoms with Crippen LogP contribution in [0.1, 0.15) is 37.2 Å². The van der Waals surface area contributed by atoms with Gasteiger partial charge in [-0.1, -0.05) is 30.3 Å².